The zero-order chi connectivity index (χ0) is 14.5. The summed E-state index contributed by atoms with van der Waals surface area (Å²) in [5.74, 6) is 0. The molecule has 0 spiro atoms. The minimum absolute atomic E-state index is 0.412. The van der Waals surface area contributed by atoms with Crippen LogP contribution in [0.5, 0.6) is 0 Å². The second kappa shape index (κ2) is 7.54. The Morgan fingerprint density at radius 1 is 1.33 bits per heavy atom. The summed E-state index contributed by atoms with van der Waals surface area (Å²) in [7, 11) is 2.17. The monoisotopic (exact) mass is 311 g/mol. The summed E-state index contributed by atoms with van der Waals surface area (Å²) in [5.41, 5.74) is 0. The van der Waals surface area contributed by atoms with Crippen LogP contribution in [0.25, 0.3) is 0 Å². The number of aromatic nitrogens is 1. The first kappa shape index (κ1) is 15.2. The van der Waals surface area contributed by atoms with Crippen molar-refractivity contribution in [2.75, 3.05) is 51.4 Å². The third-order valence-electron chi connectivity index (χ3n) is 4.04. The predicted molar refractivity (Wildman–Crippen MR) is 85.1 cm³/mol. The number of hydrogen-bond donors (Lipinski definition) is 0. The molecular weight excluding hydrogens is 286 g/mol. The third-order valence-corrected chi connectivity index (χ3v) is 5.08. The van der Waals surface area contributed by atoms with Gasteiger partial charge in [0.1, 0.15) is 0 Å². The number of likely N-dealkylation sites (N-methyl/N-ethyl adjacent to an activating group) is 1. The van der Waals surface area contributed by atoms with Gasteiger partial charge in [-0.3, -0.25) is 4.90 Å². The number of nitrogens with zero attached hydrogens (tertiary/aromatic N) is 3. The number of hydrogen-bond acceptors (Lipinski definition) is 6. The molecule has 5 nitrogen and oxygen atoms in total. The van der Waals surface area contributed by atoms with Gasteiger partial charge in [-0.15, -0.1) is 11.3 Å². The molecule has 2 aliphatic rings. The van der Waals surface area contributed by atoms with Crippen molar-refractivity contribution in [2.24, 2.45) is 0 Å². The molecule has 0 saturated carbocycles. The van der Waals surface area contributed by atoms with Gasteiger partial charge in [-0.2, -0.15) is 0 Å². The minimum atomic E-state index is 0.412. The molecule has 2 fully saturated rings. The zero-order valence-electron chi connectivity index (χ0n) is 12.8. The highest BCUT2D eigenvalue weighted by atomic mass is 32.1. The zero-order valence-corrected chi connectivity index (χ0v) is 13.6. The lowest BCUT2D eigenvalue weighted by Crippen LogP contribution is -2.36. The molecule has 21 heavy (non-hydrogen) atoms. The molecule has 0 aliphatic carbocycles. The summed E-state index contributed by atoms with van der Waals surface area (Å²) in [6.45, 7) is 6.45. The summed E-state index contributed by atoms with van der Waals surface area (Å²) in [5, 5.41) is 1.13. The van der Waals surface area contributed by atoms with Gasteiger partial charge in [0.25, 0.3) is 0 Å². The fraction of sp³-hybridized carbons (Fsp3) is 0.800. The lowest BCUT2D eigenvalue weighted by molar-refractivity contribution is -0.00246. The van der Waals surface area contributed by atoms with Crippen molar-refractivity contribution < 1.29 is 9.47 Å². The molecule has 3 rings (SSSR count). The molecular formula is C15H25N3O2S. The fourth-order valence-corrected chi connectivity index (χ4v) is 3.94. The van der Waals surface area contributed by atoms with E-state index in [-0.39, 0.29) is 0 Å². The largest absolute Gasteiger partial charge is 0.378 e. The van der Waals surface area contributed by atoms with Crippen molar-refractivity contribution in [1.29, 1.82) is 0 Å². The third kappa shape index (κ3) is 4.39. The van der Waals surface area contributed by atoms with E-state index in [1.807, 2.05) is 6.20 Å². The molecule has 0 radical (unpaired) electrons. The van der Waals surface area contributed by atoms with E-state index >= 15 is 0 Å². The van der Waals surface area contributed by atoms with E-state index in [9.17, 15) is 0 Å². The molecule has 1 aromatic heterocycles. The molecule has 1 atom stereocenters. The maximum atomic E-state index is 5.81. The molecule has 0 unspecified atom stereocenters. The topological polar surface area (TPSA) is 37.8 Å². The number of rotatable bonds is 5. The van der Waals surface area contributed by atoms with Gasteiger partial charge < -0.3 is 14.4 Å². The summed E-state index contributed by atoms with van der Waals surface area (Å²) in [6.07, 6.45) is 6.16. The Bertz CT molecular complexity index is 428. The van der Waals surface area contributed by atoms with E-state index in [0.717, 1.165) is 51.1 Å². The Morgan fingerprint density at radius 3 is 2.95 bits per heavy atom. The van der Waals surface area contributed by atoms with Crippen LogP contribution < -0.4 is 4.90 Å². The van der Waals surface area contributed by atoms with Gasteiger partial charge in [0.15, 0.2) is 5.13 Å². The first-order valence-corrected chi connectivity index (χ1v) is 8.70. The van der Waals surface area contributed by atoms with Gasteiger partial charge in [0, 0.05) is 43.9 Å². The molecule has 0 N–H and O–H groups in total. The number of ether oxygens (including phenoxy) is 2. The van der Waals surface area contributed by atoms with Crippen molar-refractivity contribution >= 4 is 16.5 Å². The Kier molecular flexibility index (Phi) is 5.46. The van der Waals surface area contributed by atoms with Crippen LogP contribution in [0.1, 0.15) is 24.1 Å². The molecule has 2 aliphatic heterocycles. The average Bonchev–Trinajstić information content (AvgIpc) is 2.97. The number of morpholine rings is 1. The maximum absolute atomic E-state index is 5.81. The van der Waals surface area contributed by atoms with E-state index in [4.69, 9.17) is 9.47 Å². The second-order valence-electron chi connectivity index (χ2n) is 5.89. The van der Waals surface area contributed by atoms with Crippen LogP contribution in [-0.2, 0) is 16.0 Å². The smallest absolute Gasteiger partial charge is 0.185 e. The van der Waals surface area contributed by atoms with Gasteiger partial charge >= 0.3 is 0 Å². The Morgan fingerprint density at radius 2 is 2.19 bits per heavy atom. The molecule has 1 aromatic rings. The fourth-order valence-electron chi connectivity index (χ4n) is 2.90. The summed E-state index contributed by atoms with van der Waals surface area (Å²) in [4.78, 5) is 10.6. The number of anilines is 1. The van der Waals surface area contributed by atoms with Crippen LogP contribution in [0, 0.1) is 0 Å². The van der Waals surface area contributed by atoms with Crippen molar-refractivity contribution in [1.82, 2.24) is 9.88 Å². The normalized spacial score (nSPS) is 23.7. The van der Waals surface area contributed by atoms with Gasteiger partial charge in [0.05, 0.1) is 19.3 Å². The first-order valence-electron chi connectivity index (χ1n) is 7.89. The van der Waals surface area contributed by atoms with Gasteiger partial charge in [-0.05, 0) is 26.3 Å². The van der Waals surface area contributed by atoms with Gasteiger partial charge in [-0.25, -0.2) is 4.98 Å². The van der Waals surface area contributed by atoms with Crippen LogP contribution in [0.15, 0.2) is 6.20 Å². The Hall–Kier alpha value is -0.690. The lowest BCUT2D eigenvalue weighted by atomic mass is 10.1. The molecule has 2 saturated heterocycles. The summed E-state index contributed by atoms with van der Waals surface area (Å²) in [6, 6.07) is 0. The highest BCUT2D eigenvalue weighted by Gasteiger charge is 2.18. The highest BCUT2D eigenvalue weighted by Crippen LogP contribution is 2.24. The van der Waals surface area contributed by atoms with Crippen molar-refractivity contribution in [3.8, 4) is 0 Å². The van der Waals surface area contributed by atoms with Crippen LogP contribution in [0.4, 0.5) is 5.13 Å². The number of thiazole rings is 1. The van der Waals surface area contributed by atoms with E-state index < -0.39 is 0 Å². The lowest BCUT2D eigenvalue weighted by Gasteiger charge is -2.27. The molecule has 0 aromatic carbocycles. The molecule has 0 amide bonds. The van der Waals surface area contributed by atoms with Crippen LogP contribution in [0.2, 0.25) is 0 Å². The highest BCUT2D eigenvalue weighted by molar-refractivity contribution is 7.15. The van der Waals surface area contributed by atoms with Gasteiger partial charge in [-0.1, -0.05) is 0 Å². The predicted octanol–water partition coefficient (Wildman–Crippen LogP) is 1.98. The van der Waals surface area contributed by atoms with Crippen molar-refractivity contribution in [3.63, 3.8) is 0 Å². The maximum Gasteiger partial charge on any atom is 0.185 e. The van der Waals surface area contributed by atoms with Crippen molar-refractivity contribution in [3.05, 3.63) is 11.1 Å². The summed E-state index contributed by atoms with van der Waals surface area (Å²) < 4.78 is 11.2. The van der Waals surface area contributed by atoms with Crippen LogP contribution in [0.3, 0.4) is 0 Å². The van der Waals surface area contributed by atoms with E-state index in [1.165, 1.54) is 24.1 Å². The van der Waals surface area contributed by atoms with E-state index in [1.54, 1.807) is 11.3 Å². The minimum Gasteiger partial charge on any atom is -0.378 e. The second-order valence-corrected chi connectivity index (χ2v) is 6.99. The molecule has 6 heteroatoms. The van der Waals surface area contributed by atoms with Crippen LogP contribution in [-0.4, -0.2) is 62.5 Å². The molecule has 118 valence electrons. The van der Waals surface area contributed by atoms with E-state index in [0.29, 0.717) is 6.10 Å². The van der Waals surface area contributed by atoms with Gasteiger partial charge in [0.2, 0.25) is 0 Å². The SMILES string of the molecule is CN(Cc1cnc(N2CCOCC2)s1)C[C@H]1CCCCO1. The Labute approximate surface area is 130 Å². The van der Waals surface area contributed by atoms with E-state index in [2.05, 4.69) is 21.8 Å². The average molecular weight is 311 g/mol. The Balaban J connectivity index is 1.49. The van der Waals surface area contributed by atoms with Crippen molar-refractivity contribution in [2.45, 2.75) is 31.9 Å². The van der Waals surface area contributed by atoms with Crippen LogP contribution >= 0.6 is 11.3 Å². The molecule has 3 heterocycles. The first-order chi connectivity index (χ1) is 10.3. The standard InChI is InChI=1S/C15H25N3O2S/c1-17(11-13-4-2-3-7-20-13)12-14-10-16-15(21-14)18-5-8-19-9-6-18/h10,13H,2-9,11-12H2,1H3/t13-/m1/s1. The summed E-state index contributed by atoms with van der Waals surface area (Å²) >= 11 is 1.81. The molecule has 0 bridgehead atoms. The quantitative estimate of drug-likeness (QED) is 0.831.